The maximum Gasteiger partial charge on any atom is 0.256 e. The summed E-state index contributed by atoms with van der Waals surface area (Å²) in [5.41, 5.74) is 3.19. The molecule has 1 N–H and O–H groups in total. The molecule has 8 heteroatoms. The Morgan fingerprint density at radius 3 is 2.44 bits per heavy atom. The van der Waals surface area contributed by atoms with Crippen LogP contribution in [0.15, 0.2) is 30.5 Å². The lowest BCUT2D eigenvalue weighted by Gasteiger charge is -2.36. The van der Waals surface area contributed by atoms with Gasteiger partial charge < -0.3 is 15.1 Å². The average Bonchev–Trinajstić information content (AvgIpc) is 3.54. The van der Waals surface area contributed by atoms with Crippen molar-refractivity contribution in [1.29, 1.82) is 0 Å². The van der Waals surface area contributed by atoms with Gasteiger partial charge in [0, 0.05) is 38.9 Å². The van der Waals surface area contributed by atoms with Crippen LogP contribution >= 0.6 is 12.4 Å². The number of anilines is 1. The minimum atomic E-state index is -0.558. The SMILES string of the molecule is Cc1cc(C2CC2)cnc1N1CCN(C(=O)c2ccc(C3CCNC3=O)cc2F)CC1.Cl. The molecule has 0 radical (unpaired) electrons. The standard InChI is InChI=1S/C24H27FN4O2.ClH/c1-15-12-18(16-2-3-16)14-27-22(15)28-8-10-29(11-9-28)24(31)20-5-4-17(13-21(20)25)19-6-7-26-23(19)30;/h4-5,12-14,16,19H,2-3,6-11H2,1H3,(H,26,30);1H. The zero-order chi connectivity index (χ0) is 21.5. The lowest BCUT2D eigenvalue weighted by Crippen LogP contribution is -2.49. The van der Waals surface area contributed by atoms with Crippen LogP contribution in [-0.2, 0) is 4.79 Å². The molecule has 6 nitrogen and oxygen atoms in total. The summed E-state index contributed by atoms with van der Waals surface area (Å²) in [5, 5.41) is 2.76. The zero-order valence-corrected chi connectivity index (χ0v) is 19.0. The maximum absolute atomic E-state index is 14.7. The molecule has 5 rings (SSSR count). The van der Waals surface area contributed by atoms with Gasteiger partial charge in [-0.3, -0.25) is 9.59 Å². The fourth-order valence-corrected chi connectivity index (χ4v) is 4.69. The van der Waals surface area contributed by atoms with Crippen molar-refractivity contribution in [3.63, 3.8) is 0 Å². The van der Waals surface area contributed by atoms with Crippen molar-refractivity contribution in [3.05, 3.63) is 58.5 Å². The van der Waals surface area contributed by atoms with E-state index in [4.69, 9.17) is 0 Å². The number of pyridine rings is 1. The Balaban J connectivity index is 0.00000245. The van der Waals surface area contributed by atoms with Crippen molar-refractivity contribution in [2.24, 2.45) is 0 Å². The summed E-state index contributed by atoms with van der Waals surface area (Å²) in [5.74, 6) is 0.389. The molecule has 0 bridgehead atoms. The second-order valence-corrected chi connectivity index (χ2v) is 8.83. The largest absolute Gasteiger partial charge is 0.356 e. The molecule has 3 heterocycles. The Hall–Kier alpha value is -2.67. The average molecular weight is 459 g/mol. The van der Waals surface area contributed by atoms with E-state index in [9.17, 15) is 14.0 Å². The second kappa shape index (κ2) is 9.06. The highest BCUT2D eigenvalue weighted by molar-refractivity contribution is 5.95. The Morgan fingerprint density at radius 2 is 1.84 bits per heavy atom. The number of amides is 2. The first-order valence-corrected chi connectivity index (χ1v) is 11.1. The Bertz CT molecular complexity index is 1030. The molecule has 1 atom stereocenters. The van der Waals surface area contributed by atoms with E-state index in [0.717, 1.165) is 5.82 Å². The van der Waals surface area contributed by atoms with Crippen LogP contribution in [0.5, 0.6) is 0 Å². The fourth-order valence-electron chi connectivity index (χ4n) is 4.69. The summed E-state index contributed by atoms with van der Waals surface area (Å²) >= 11 is 0. The molecule has 1 unspecified atom stereocenters. The number of aromatic nitrogens is 1. The maximum atomic E-state index is 14.7. The van der Waals surface area contributed by atoms with Gasteiger partial charge in [0.05, 0.1) is 11.5 Å². The zero-order valence-electron chi connectivity index (χ0n) is 18.1. The quantitative estimate of drug-likeness (QED) is 0.762. The van der Waals surface area contributed by atoms with E-state index in [-0.39, 0.29) is 35.7 Å². The summed E-state index contributed by atoms with van der Waals surface area (Å²) in [6.07, 6.45) is 5.15. The van der Waals surface area contributed by atoms with Crippen LogP contribution in [0.25, 0.3) is 0 Å². The van der Waals surface area contributed by atoms with Gasteiger partial charge >= 0.3 is 0 Å². The minimum Gasteiger partial charge on any atom is -0.356 e. The first-order chi connectivity index (χ1) is 15.0. The Labute approximate surface area is 193 Å². The molecule has 1 aromatic heterocycles. The molecule has 0 spiro atoms. The van der Waals surface area contributed by atoms with Crippen molar-refractivity contribution < 1.29 is 14.0 Å². The van der Waals surface area contributed by atoms with Gasteiger partial charge in [-0.1, -0.05) is 12.1 Å². The number of hydrogen-bond acceptors (Lipinski definition) is 4. The first kappa shape index (κ1) is 22.5. The molecule has 2 aliphatic heterocycles. The van der Waals surface area contributed by atoms with E-state index in [1.807, 2.05) is 6.20 Å². The van der Waals surface area contributed by atoms with Gasteiger partial charge in [0.1, 0.15) is 11.6 Å². The number of benzene rings is 1. The summed E-state index contributed by atoms with van der Waals surface area (Å²) < 4.78 is 14.7. The van der Waals surface area contributed by atoms with Crippen molar-refractivity contribution in [1.82, 2.24) is 15.2 Å². The molecule has 3 aliphatic rings. The third kappa shape index (κ3) is 4.31. The van der Waals surface area contributed by atoms with Crippen LogP contribution in [0, 0.1) is 12.7 Å². The molecule has 1 aromatic carbocycles. The number of rotatable bonds is 4. The lowest BCUT2D eigenvalue weighted by molar-refractivity contribution is -0.120. The van der Waals surface area contributed by atoms with Gasteiger partial charge in [0.25, 0.3) is 5.91 Å². The van der Waals surface area contributed by atoms with Crippen LogP contribution in [-0.4, -0.2) is 54.4 Å². The molecule has 3 fully saturated rings. The number of piperazine rings is 1. The molecule has 1 aliphatic carbocycles. The Kier molecular flexibility index (Phi) is 6.38. The van der Waals surface area contributed by atoms with E-state index in [1.165, 1.54) is 36.1 Å². The molecule has 32 heavy (non-hydrogen) atoms. The highest BCUT2D eigenvalue weighted by Crippen LogP contribution is 2.40. The van der Waals surface area contributed by atoms with Crippen molar-refractivity contribution in [3.8, 4) is 0 Å². The molecule has 2 aromatic rings. The third-order valence-corrected chi connectivity index (χ3v) is 6.66. The molecule has 2 saturated heterocycles. The van der Waals surface area contributed by atoms with Gasteiger partial charge in [-0.15, -0.1) is 12.4 Å². The molecule has 1 saturated carbocycles. The third-order valence-electron chi connectivity index (χ3n) is 6.66. The van der Waals surface area contributed by atoms with E-state index < -0.39 is 5.82 Å². The minimum absolute atomic E-state index is 0. The van der Waals surface area contributed by atoms with Gasteiger partial charge in [-0.2, -0.15) is 0 Å². The highest BCUT2D eigenvalue weighted by Gasteiger charge is 2.29. The van der Waals surface area contributed by atoms with Gasteiger partial charge in [-0.25, -0.2) is 9.37 Å². The molecular formula is C24H28ClFN4O2. The summed E-state index contributed by atoms with van der Waals surface area (Å²) in [7, 11) is 0. The van der Waals surface area contributed by atoms with E-state index in [1.54, 1.807) is 11.0 Å². The monoisotopic (exact) mass is 458 g/mol. The smallest absolute Gasteiger partial charge is 0.256 e. The molecule has 2 amide bonds. The summed E-state index contributed by atoms with van der Waals surface area (Å²) in [6.45, 7) is 5.09. The topological polar surface area (TPSA) is 65.5 Å². The van der Waals surface area contributed by atoms with Crippen LogP contribution in [0.1, 0.15) is 58.1 Å². The van der Waals surface area contributed by atoms with E-state index >= 15 is 0 Å². The lowest BCUT2D eigenvalue weighted by atomic mass is 9.96. The molecular weight excluding hydrogens is 431 g/mol. The van der Waals surface area contributed by atoms with Gasteiger partial charge in [-0.05, 0) is 60.9 Å². The molecule has 170 valence electrons. The summed E-state index contributed by atoms with van der Waals surface area (Å²) in [6, 6.07) is 6.80. The number of carbonyl (C=O) groups is 2. The van der Waals surface area contributed by atoms with Crippen LogP contribution in [0.3, 0.4) is 0 Å². The number of hydrogen-bond donors (Lipinski definition) is 1. The van der Waals surface area contributed by atoms with Crippen molar-refractivity contribution >= 4 is 30.0 Å². The van der Waals surface area contributed by atoms with Crippen molar-refractivity contribution in [2.45, 2.75) is 38.0 Å². The predicted octanol–water partition coefficient (Wildman–Crippen LogP) is 3.39. The van der Waals surface area contributed by atoms with E-state index in [0.29, 0.717) is 50.6 Å². The second-order valence-electron chi connectivity index (χ2n) is 8.83. The number of nitrogens with one attached hydrogen (secondary N) is 1. The summed E-state index contributed by atoms with van der Waals surface area (Å²) in [4.78, 5) is 33.4. The number of aryl methyl sites for hydroxylation is 1. The van der Waals surface area contributed by atoms with Crippen LogP contribution in [0.2, 0.25) is 0 Å². The fraction of sp³-hybridized carbons (Fsp3) is 0.458. The highest BCUT2D eigenvalue weighted by atomic mass is 35.5. The van der Waals surface area contributed by atoms with Crippen LogP contribution in [0.4, 0.5) is 10.2 Å². The van der Waals surface area contributed by atoms with Crippen molar-refractivity contribution in [2.75, 3.05) is 37.6 Å². The van der Waals surface area contributed by atoms with Crippen LogP contribution < -0.4 is 10.2 Å². The number of carbonyl (C=O) groups excluding carboxylic acids is 2. The Morgan fingerprint density at radius 1 is 1.09 bits per heavy atom. The number of nitrogens with zero attached hydrogens (tertiary/aromatic N) is 3. The van der Waals surface area contributed by atoms with E-state index in [2.05, 4.69) is 28.2 Å². The van der Waals surface area contributed by atoms with Gasteiger partial charge in [0.15, 0.2) is 0 Å². The number of halogens is 2. The first-order valence-electron chi connectivity index (χ1n) is 11.1. The normalized spacial score (nSPS) is 20.7. The van der Waals surface area contributed by atoms with Gasteiger partial charge in [0.2, 0.25) is 5.91 Å². The predicted molar refractivity (Wildman–Crippen MR) is 123 cm³/mol.